The van der Waals surface area contributed by atoms with Crippen molar-refractivity contribution in [3.8, 4) is 0 Å². The predicted molar refractivity (Wildman–Crippen MR) is 41.1 cm³/mol. The zero-order valence-electron chi connectivity index (χ0n) is 6.57. The van der Waals surface area contributed by atoms with Crippen molar-refractivity contribution in [2.24, 2.45) is 10.3 Å². The average Bonchev–Trinajstić information content (AvgIpc) is 2.03. The molecule has 0 radical (unpaired) electrons. The minimum absolute atomic E-state index is 0.773. The molecule has 2 N–H and O–H groups in total. The zero-order valence-corrected chi connectivity index (χ0v) is 6.57. The van der Waals surface area contributed by atoms with Gasteiger partial charge in [-0.15, -0.1) is 5.16 Å². The van der Waals surface area contributed by atoms with E-state index in [0.717, 1.165) is 12.1 Å². The second-order valence-corrected chi connectivity index (χ2v) is 1.56. The van der Waals surface area contributed by atoms with Gasteiger partial charge in [-0.3, -0.25) is 0 Å². The quantitative estimate of drug-likeness (QED) is 0.336. The fourth-order valence-electron chi connectivity index (χ4n) is 0.0707. The maximum absolute atomic E-state index is 7.92. The molecular formula is C6H14N2O2. The van der Waals surface area contributed by atoms with Crippen LogP contribution < -0.4 is 0 Å². The third-order valence-electron chi connectivity index (χ3n) is 0.798. The molecular weight excluding hydrogens is 132 g/mol. The molecule has 0 atom stereocenters. The normalized spacial score (nSPS) is 10.9. The van der Waals surface area contributed by atoms with Gasteiger partial charge in [0.1, 0.15) is 0 Å². The lowest BCUT2D eigenvalue weighted by Crippen LogP contribution is -1.83. The van der Waals surface area contributed by atoms with Crippen LogP contribution in [-0.2, 0) is 0 Å². The fraction of sp³-hybridized carbons (Fsp3) is 0.667. The standard InChI is InChI=1S/C4H9NO.C2H5NO/c1-3-4(2)5-6;1-2-3-4/h6H,3H2,1-2H3;2,4H,1H3/b5-4-;3-2+. The molecule has 0 aromatic rings. The fourth-order valence-corrected chi connectivity index (χ4v) is 0.0707. The highest BCUT2D eigenvalue weighted by atomic mass is 16.4. The first-order valence-electron chi connectivity index (χ1n) is 3.02. The lowest BCUT2D eigenvalue weighted by molar-refractivity contribution is 0.317. The van der Waals surface area contributed by atoms with Crippen LogP contribution in [0.15, 0.2) is 10.3 Å². The predicted octanol–water partition coefficient (Wildman–Crippen LogP) is 1.71. The summed E-state index contributed by atoms with van der Waals surface area (Å²) in [6.45, 7) is 5.36. The van der Waals surface area contributed by atoms with E-state index < -0.39 is 0 Å². The lowest BCUT2D eigenvalue weighted by atomic mass is 10.3. The van der Waals surface area contributed by atoms with Gasteiger partial charge >= 0.3 is 0 Å². The maximum Gasteiger partial charge on any atom is 0.0537 e. The molecule has 60 valence electrons. The molecule has 0 aromatic carbocycles. The molecule has 4 nitrogen and oxygen atoms in total. The molecule has 0 amide bonds. The van der Waals surface area contributed by atoms with Gasteiger partial charge in [0.25, 0.3) is 0 Å². The Morgan fingerprint density at radius 1 is 1.50 bits per heavy atom. The maximum atomic E-state index is 7.92. The first kappa shape index (κ1) is 11.7. The number of rotatable bonds is 1. The lowest BCUT2D eigenvalue weighted by Gasteiger charge is -1.81. The SMILES string of the molecule is C/C=N/O.CC/C(C)=N\O. The van der Waals surface area contributed by atoms with Crippen LogP contribution in [0.4, 0.5) is 0 Å². The summed E-state index contributed by atoms with van der Waals surface area (Å²) in [7, 11) is 0. The van der Waals surface area contributed by atoms with Gasteiger partial charge in [-0.05, 0) is 20.3 Å². The molecule has 0 aliphatic rings. The number of hydrogen-bond acceptors (Lipinski definition) is 4. The van der Waals surface area contributed by atoms with Gasteiger partial charge in [0.05, 0.1) is 5.71 Å². The van der Waals surface area contributed by atoms with E-state index in [-0.39, 0.29) is 0 Å². The number of hydrogen-bond donors (Lipinski definition) is 2. The second kappa shape index (κ2) is 10.8. The van der Waals surface area contributed by atoms with Gasteiger partial charge in [0.15, 0.2) is 0 Å². The largest absolute Gasteiger partial charge is 0.411 e. The molecule has 10 heavy (non-hydrogen) atoms. The average molecular weight is 146 g/mol. The van der Waals surface area contributed by atoms with Crippen molar-refractivity contribution in [1.29, 1.82) is 0 Å². The van der Waals surface area contributed by atoms with E-state index in [1.807, 2.05) is 6.92 Å². The Morgan fingerprint density at radius 2 is 1.90 bits per heavy atom. The van der Waals surface area contributed by atoms with Crippen LogP contribution in [-0.4, -0.2) is 22.3 Å². The van der Waals surface area contributed by atoms with Crippen LogP contribution in [0.1, 0.15) is 27.2 Å². The van der Waals surface area contributed by atoms with E-state index >= 15 is 0 Å². The molecule has 0 heterocycles. The Labute approximate surface area is 60.9 Å². The van der Waals surface area contributed by atoms with E-state index in [9.17, 15) is 0 Å². The summed E-state index contributed by atoms with van der Waals surface area (Å²) in [5.74, 6) is 0. The minimum Gasteiger partial charge on any atom is -0.411 e. The van der Waals surface area contributed by atoms with Crippen molar-refractivity contribution in [3.63, 3.8) is 0 Å². The van der Waals surface area contributed by atoms with Crippen molar-refractivity contribution in [2.75, 3.05) is 0 Å². The summed E-state index contributed by atoms with van der Waals surface area (Å²) >= 11 is 0. The van der Waals surface area contributed by atoms with Gasteiger partial charge in [0.2, 0.25) is 0 Å². The molecule has 0 aliphatic carbocycles. The monoisotopic (exact) mass is 146 g/mol. The Balaban J connectivity index is 0. The molecule has 0 unspecified atom stereocenters. The van der Waals surface area contributed by atoms with Gasteiger partial charge < -0.3 is 10.4 Å². The highest BCUT2D eigenvalue weighted by molar-refractivity contribution is 5.80. The van der Waals surface area contributed by atoms with Crippen molar-refractivity contribution < 1.29 is 10.4 Å². The van der Waals surface area contributed by atoms with Crippen molar-refractivity contribution in [1.82, 2.24) is 0 Å². The van der Waals surface area contributed by atoms with E-state index in [4.69, 9.17) is 10.4 Å². The summed E-state index contributed by atoms with van der Waals surface area (Å²) in [5, 5.41) is 20.9. The highest BCUT2D eigenvalue weighted by Crippen LogP contribution is 1.78. The van der Waals surface area contributed by atoms with Crippen molar-refractivity contribution >= 4 is 11.9 Å². The molecule has 0 aliphatic heterocycles. The molecule has 4 heteroatoms. The first-order valence-corrected chi connectivity index (χ1v) is 3.02. The minimum atomic E-state index is 0.773. The van der Waals surface area contributed by atoms with Crippen LogP contribution in [0.5, 0.6) is 0 Å². The van der Waals surface area contributed by atoms with Crippen LogP contribution in [0.25, 0.3) is 0 Å². The van der Waals surface area contributed by atoms with E-state index in [1.54, 1.807) is 13.8 Å². The van der Waals surface area contributed by atoms with Crippen molar-refractivity contribution in [2.45, 2.75) is 27.2 Å². The van der Waals surface area contributed by atoms with Gasteiger partial charge in [-0.25, -0.2) is 0 Å². The Bertz CT molecular complexity index is 106. The van der Waals surface area contributed by atoms with Crippen LogP contribution in [0.2, 0.25) is 0 Å². The van der Waals surface area contributed by atoms with Crippen molar-refractivity contribution in [3.05, 3.63) is 0 Å². The van der Waals surface area contributed by atoms with Gasteiger partial charge in [0, 0.05) is 6.21 Å². The van der Waals surface area contributed by atoms with Crippen LogP contribution in [0, 0.1) is 0 Å². The summed E-state index contributed by atoms with van der Waals surface area (Å²) < 4.78 is 0. The van der Waals surface area contributed by atoms with E-state index in [1.165, 1.54) is 6.21 Å². The number of oxime groups is 2. The molecule has 0 rings (SSSR count). The molecule has 0 saturated carbocycles. The Kier molecular flexibility index (Phi) is 12.7. The van der Waals surface area contributed by atoms with E-state index in [2.05, 4.69) is 10.3 Å². The molecule has 0 fully saturated rings. The summed E-state index contributed by atoms with van der Waals surface area (Å²) in [6.07, 6.45) is 2.14. The molecule has 0 spiro atoms. The van der Waals surface area contributed by atoms with Gasteiger partial charge in [-0.1, -0.05) is 12.1 Å². The topological polar surface area (TPSA) is 65.2 Å². The van der Waals surface area contributed by atoms with Gasteiger partial charge in [-0.2, -0.15) is 0 Å². The number of nitrogens with zero attached hydrogens (tertiary/aromatic N) is 2. The summed E-state index contributed by atoms with van der Waals surface area (Å²) in [4.78, 5) is 0. The van der Waals surface area contributed by atoms with Crippen LogP contribution >= 0.6 is 0 Å². The van der Waals surface area contributed by atoms with E-state index in [0.29, 0.717) is 0 Å². The smallest absolute Gasteiger partial charge is 0.0537 e. The second-order valence-electron chi connectivity index (χ2n) is 1.56. The van der Waals surface area contributed by atoms with Crippen LogP contribution in [0.3, 0.4) is 0 Å². The Hall–Kier alpha value is -1.06. The molecule has 0 saturated heterocycles. The molecule has 0 aromatic heterocycles. The third kappa shape index (κ3) is 15.8. The highest BCUT2D eigenvalue weighted by Gasteiger charge is 1.77. The summed E-state index contributed by atoms with van der Waals surface area (Å²) in [6, 6.07) is 0. The first-order chi connectivity index (χ1) is 4.72. The zero-order chi connectivity index (χ0) is 8.41. The Morgan fingerprint density at radius 3 is 1.90 bits per heavy atom. The third-order valence-corrected chi connectivity index (χ3v) is 0.798. The summed E-state index contributed by atoms with van der Waals surface area (Å²) in [5.41, 5.74) is 0.773. The molecule has 0 bridgehead atoms.